The van der Waals surface area contributed by atoms with Gasteiger partial charge in [0, 0.05) is 0 Å². The van der Waals surface area contributed by atoms with E-state index in [1.807, 2.05) is 13.8 Å². The predicted octanol–water partition coefficient (Wildman–Crippen LogP) is 0.842. The molecule has 2 heterocycles. The highest BCUT2D eigenvalue weighted by atomic mass is 16.5. The second-order valence-corrected chi connectivity index (χ2v) is 4.10. The molecule has 0 aromatic carbocycles. The summed E-state index contributed by atoms with van der Waals surface area (Å²) in [5.74, 6) is 0.811. The molecule has 0 aliphatic carbocycles. The third-order valence-corrected chi connectivity index (χ3v) is 2.49. The summed E-state index contributed by atoms with van der Waals surface area (Å²) >= 11 is 0. The number of fused-ring (bicyclic) bond motifs is 1. The number of rotatable bonds is 5. The van der Waals surface area contributed by atoms with Gasteiger partial charge in [-0.2, -0.15) is 4.98 Å². The molecule has 98 valence electrons. The number of nitrogens with zero attached hydrogens (tertiary/aromatic N) is 4. The van der Waals surface area contributed by atoms with Gasteiger partial charge in [0.1, 0.15) is 6.33 Å². The van der Waals surface area contributed by atoms with Gasteiger partial charge in [-0.3, -0.25) is 4.57 Å². The fraction of sp³-hybridized carbons (Fsp3) is 0.545. The van der Waals surface area contributed by atoms with E-state index in [1.54, 1.807) is 11.7 Å². The smallest absolute Gasteiger partial charge is 0.245 e. The van der Waals surface area contributed by atoms with Crippen LogP contribution in [0.5, 0.6) is 5.88 Å². The van der Waals surface area contributed by atoms with Gasteiger partial charge in [-0.1, -0.05) is 0 Å². The van der Waals surface area contributed by atoms with Crippen molar-refractivity contribution in [3.8, 4) is 5.88 Å². The maximum atomic E-state index is 5.87. The van der Waals surface area contributed by atoms with Gasteiger partial charge in [-0.05, 0) is 13.8 Å². The van der Waals surface area contributed by atoms with Crippen molar-refractivity contribution >= 4 is 17.1 Å². The zero-order valence-corrected chi connectivity index (χ0v) is 10.8. The van der Waals surface area contributed by atoms with E-state index in [-0.39, 0.29) is 6.10 Å². The highest BCUT2D eigenvalue weighted by molar-refractivity contribution is 5.78. The van der Waals surface area contributed by atoms with Gasteiger partial charge in [0.15, 0.2) is 11.2 Å². The molecule has 0 bridgehead atoms. The second-order valence-electron chi connectivity index (χ2n) is 4.10. The summed E-state index contributed by atoms with van der Waals surface area (Å²) < 4.78 is 12.4. The summed E-state index contributed by atoms with van der Waals surface area (Å²) in [5.41, 5.74) is 7.10. The van der Waals surface area contributed by atoms with Gasteiger partial charge >= 0.3 is 0 Å². The number of imidazole rings is 1. The molecule has 2 aromatic rings. The van der Waals surface area contributed by atoms with Gasteiger partial charge in [-0.15, -0.1) is 0 Å². The van der Waals surface area contributed by atoms with Crippen LogP contribution >= 0.6 is 0 Å². The molecule has 0 atom stereocenters. The summed E-state index contributed by atoms with van der Waals surface area (Å²) in [6, 6.07) is 0. The van der Waals surface area contributed by atoms with E-state index in [4.69, 9.17) is 15.2 Å². The Balaban J connectivity index is 2.30. The average molecular weight is 251 g/mol. The van der Waals surface area contributed by atoms with E-state index in [9.17, 15) is 0 Å². The van der Waals surface area contributed by atoms with Crippen molar-refractivity contribution in [2.75, 3.05) is 19.5 Å². The second kappa shape index (κ2) is 5.18. The van der Waals surface area contributed by atoms with Crippen LogP contribution in [0.3, 0.4) is 0 Å². The molecular weight excluding hydrogens is 234 g/mol. The Kier molecular flexibility index (Phi) is 3.61. The van der Waals surface area contributed by atoms with Crippen molar-refractivity contribution in [1.29, 1.82) is 0 Å². The van der Waals surface area contributed by atoms with E-state index < -0.39 is 0 Å². The fourth-order valence-corrected chi connectivity index (χ4v) is 1.68. The minimum atomic E-state index is 0.185. The van der Waals surface area contributed by atoms with Gasteiger partial charge in [0.25, 0.3) is 0 Å². The summed E-state index contributed by atoms with van der Waals surface area (Å²) in [6.45, 7) is 5.13. The number of hydrogen-bond donors (Lipinski definition) is 1. The average Bonchev–Trinajstić information content (AvgIpc) is 2.65. The van der Waals surface area contributed by atoms with Crippen molar-refractivity contribution in [2.45, 2.75) is 26.5 Å². The minimum Gasteiger partial charge on any atom is -0.479 e. The lowest BCUT2D eigenvalue weighted by Crippen LogP contribution is -2.12. The SMILES string of the molecule is COc1ncnc2c1nc(N)n2CCOC(C)C. The highest BCUT2D eigenvalue weighted by Gasteiger charge is 2.14. The van der Waals surface area contributed by atoms with Gasteiger partial charge in [0.05, 0.1) is 26.4 Å². The van der Waals surface area contributed by atoms with Crippen molar-refractivity contribution in [3.63, 3.8) is 0 Å². The zero-order valence-electron chi connectivity index (χ0n) is 10.8. The number of nitrogen functional groups attached to an aromatic ring is 1. The number of nitrogens with two attached hydrogens (primary N) is 1. The van der Waals surface area contributed by atoms with Crippen molar-refractivity contribution in [2.24, 2.45) is 0 Å². The molecule has 7 nitrogen and oxygen atoms in total. The number of methoxy groups -OCH3 is 1. The molecule has 0 aliphatic heterocycles. The molecule has 2 N–H and O–H groups in total. The molecule has 2 rings (SSSR count). The molecule has 0 aliphatic rings. The van der Waals surface area contributed by atoms with Crippen LogP contribution in [0.25, 0.3) is 11.2 Å². The van der Waals surface area contributed by atoms with Crippen LogP contribution in [-0.2, 0) is 11.3 Å². The Labute approximate surface area is 105 Å². The normalized spacial score (nSPS) is 11.3. The summed E-state index contributed by atoms with van der Waals surface area (Å²) in [5, 5.41) is 0. The number of anilines is 1. The maximum Gasteiger partial charge on any atom is 0.245 e. The minimum absolute atomic E-state index is 0.185. The molecule has 0 saturated heterocycles. The molecular formula is C11H17N5O2. The maximum absolute atomic E-state index is 5.87. The number of aromatic nitrogens is 4. The third kappa shape index (κ3) is 2.35. The third-order valence-electron chi connectivity index (χ3n) is 2.49. The Morgan fingerprint density at radius 3 is 2.83 bits per heavy atom. The summed E-state index contributed by atoms with van der Waals surface area (Å²) in [7, 11) is 1.54. The lowest BCUT2D eigenvalue weighted by Gasteiger charge is -2.09. The molecule has 0 amide bonds. The number of hydrogen-bond acceptors (Lipinski definition) is 6. The van der Waals surface area contributed by atoms with Crippen LogP contribution in [-0.4, -0.2) is 39.3 Å². The predicted molar refractivity (Wildman–Crippen MR) is 67.4 cm³/mol. The van der Waals surface area contributed by atoms with Gasteiger partial charge < -0.3 is 15.2 Å². The standard InChI is InChI=1S/C11H17N5O2/c1-7(2)18-5-4-16-9-8(15-11(16)12)10(17-3)14-6-13-9/h6-7H,4-5H2,1-3H3,(H2,12,15). The van der Waals surface area contributed by atoms with E-state index >= 15 is 0 Å². The first-order valence-electron chi connectivity index (χ1n) is 5.75. The Hall–Kier alpha value is -1.89. The quantitative estimate of drug-likeness (QED) is 0.847. The van der Waals surface area contributed by atoms with E-state index in [1.165, 1.54) is 6.33 Å². The molecule has 0 fully saturated rings. The zero-order chi connectivity index (χ0) is 13.1. The highest BCUT2D eigenvalue weighted by Crippen LogP contribution is 2.22. The van der Waals surface area contributed by atoms with Gasteiger partial charge in [0.2, 0.25) is 11.8 Å². The molecule has 18 heavy (non-hydrogen) atoms. The van der Waals surface area contributed by atoms with Crippen LogP contribution in [0.15, 0.2) is 6.33 Å². The lowest BCUT2D eigenvalue weighted by atomic mass is 10.5. The Morgan fingerprint density at radius 2 is 2.17 bits per heavy atom. The lowest BCUT2D eigenvalue weighted by molar-refractivity contribution is 0.0735. The van der Waals surface area contributed by atoms with Crippen LogP contribution in [0.1, 0.15) is 13.8 Å². The molecule has 0 radical (unpaired) electrons. The van der Waals surface area contributed by atoms with Crippen molar-refractivity contribution in [3.05, 3.63) is 6.33 Å². The fourth-order valence-electron chi connectivity index (χ4n) is 1.68. The summed E-state index contributed by atoms with van der Waals surface area (Å²) in [4.78, 5) is 12.4. The Morgan fingerprint density at radius 1 is 1.39 bits per heavy atom. The van der Waals surface area contributed by atoms with E-state index in [0.29, 0.717) is 36.1 Å². The van der Waals surface area contributed by atoms with Crippen LogP contribution in [0, 0.1) is 0 Å². The van der Waals surface area contributed by atoms with E-state index in [2.05, 4.69) is 15.0 Å². The van der Waals surface area contributed by atoms with E-state index in [0.717, 1.165) is 0 Å². The first-order valence-corrected chi connectivity index (χ1v) is 5.75. The molecule has 0 saturated carbocycles. The molecule has 2 aromatic heterocycles. The van der Waals surface area contributed by atoms with Gasteiger partial charge in [-0.25, -0.2) is 9.97 Å². The Bertz CT molecular complexity index is 537. The van der Waals surface area contributed by atoms with Crippen molar-refractivity contribution < 1.29 is 9.47 Å². The number of ether oxygens (including phenoxy) is 2. The van der Waals surface area contributed by atoms with Crippen LogP contribution < -0.4 is 10.5 Å². The summed E-state index contributed by atoms with van der Waals surface area (Å²) in [6.07, 6.45) is 1.62. The first-order chi connectivity index (χ1) is 8.63. The molecule has 7 heteroatoms. The van der Waals surface area contributed by atoms with Crippen LogP contribution in [0.2, 0.25) is 0 Å². The largest absolute Gasteiger partial charge is 0.479 e. The van der Waals surface area contributed by atoms with Crippen LogP contribution in [0.4, 0.5) is 5.95 Å². The monoisotopic (exact) mass is 251 g/mol. The topological polar surface area (TPSA) is 88.1 Å². The first kappa shape index (κ1) is 12.6. The molecule has 0 unspecified atom stereocenters. The molecule has 0 spiro atoms. The van der Waals surface area contributed by atoms with Crippen molar-refractivity contribution in [1.82, 2.24) is 19.5 Å².